The molecule has 128 valence electrons. The zero-order chi connectivity index (χ0) is 17.0. The van der Waals surface area contributed by atoms with Crippen molar-refractivity contribution in [2.45, 2.75) is 50.9 Å². The van der Waals surface area contributed by atoms with Gasteiger partial charge in [-0.15, -0.1) is 0 Å². The van der Waals surface area contributed by atoms with Crippen molar-refractivity contribution >= 4 is 5.91 Å². The molecule has 1 saturated heterocycles. The van der Waals surface area contributed by atoms with E-state index in [0.29, 0.717) is 5.75 Å². The van der Waals surface area contributed by atoms with Crippen LogP contribution >= 0.6 is 0 Å². The summed E-state index contributed by atoms with van der Waals surface area (Å²) >= 11 is 0. The van der Waals surface area contributed by atoms with Crippen molar-refractivity contribution in [2.24, 2.45) is 0 Å². The Bertz CT molecular complexity index is 537. The molecule has 5 atom stereocenters. The Morgan fingerprint density at radius 2 is 2.09 bits per heavy atom. The molecule has 0 radical (unpaired) electrons. The molecule has 0 unspecified atom stereocenters. The van der Waals surface area contributed by atoms with Crippen LogP contribution in [0.3, 0.4) is 0 Å². The highest BCUT2D eigenvalue weighted by atomic mass is 16.7. The third-order valence-corrected chi connectivity index (χ3v) is 3.81. The van der Waals surface area contributed by atoms with Crippen LogP contribution in [0.2, 0.25) is 0 Å². The summed E-state index contributed by atoms with van der Waals surface area (Å²) in [6.07, 6.45) is -3.82. The smallest absolute Gasteiger partial charge is 0.223 e. The topological polar surface area (TPSA) is 108 Å². The number of hydrogen-bond donors (Lipinski definition) is 4. The third-order valence-electron chi connectivity index (χ3n) is 3.81. The van der Waals surface area contributed by atoms with Gasteiger partial charge in [0.1, 0.15) is 30.1 Å². The first-order chi connectivity index (χ1) is 11.0. The first-order valence-corrected chi connectivity index (χ1v) is 7.61. The molecule has 1 fully saturated rings. The first-order valence-electron chi connectivity index (χ1n) is 7.61. The van der Waals surface area contributed by atoms with E-state index in [1.54, 1.807) is 6.07 Å². The Balaban J connectivity index is 2.21. The van der Waals surface area contributed by atoms with E-state index in [-0.39, 0.29) is 5.91 Å². The minimum Gasteiger partial charge on any atom is -0.463 e. The van der Waals surface area contributed by atoms with Gasteiger partial charge < -0.3 is 30.1 Å². The van der Waals surface area contributed by atoms with Gasteiger partial charge in [0, 0.05) is 6.92 Å². The van der Waals surface area contributed by atoms with Gasteiger partial charge in [0.05, 0.1) is 6.61 Å². The maximum Gasteiger partial charge on any atom is 0.223 e. The van der Waals surface area contributed by atoms with E-state index < -0.39 is 37.3 Å². The molecule has 0 aliphatic carbocycles. The van der Waals surface area contributed by atoms with Gasteiger partial charge in [-0.3, -0.25) is 4.79 Å². The van der Waals surface area contributed by atoms with Crippen molar-refractivity contribution in [2.75, 3.05) is 6.61 Å². The van der Waals surface area contributed by atoms with Crippen molar-refractivity contribution in [3.8, 4) is 5.75 Å². The van der Waals surface area contributed by atoms with E-state index in [2.05, 4.69) is 5.32 Å². The lowest BCUT2D eigenvalue weighted by atomic mass is 9.97. The van der Waals surface area contributed by atoms with E-state index in [1.807, 2.05) is 25.1 Å². The van der Waals surface area contributed by atoms with Crippen LogP contribution in [0.25, 0.3) is 0 Å². The van der Waals surface area contributed by atoms with Crippen LogP contribution in [-0.4, -0.2) is 58.5 Å². The summed E-state index contributed by atoms with van der Waals surface area (Å²) in [5, 5.41) is 31.9. The maximum absolute atomic E-state index is 11.3. The van der Waals surface area contributed by atoms with Crippen LogP contribution in [-0.2, 0) is 16.0 Å². The Morgan fingerprint density at radius 3 is 2.70 bits per heavy atom. The van der Waals surface area contributed by atoms with Crippen LogP contribution in [0.1, 0.15) is 19.4 Å². The average molecular weight is 325 g/mol. The molecule has 0 saturated carbocycles. The highest BCUT2D eigenvalue weighted by molar-refractivity contribution is 5.73. The highest BCUT2D eigenvalue weighted by Crippen LogP contribution is 2.25. The molecule has 7 heteroatoms. The van der Waals surface area contributed by atoms with Gasteiger partial charge in [0.15, 0.2) is 0 Å². The van der Waals surface area contributed by atoms with E-state index in [1.165, 1.54) is 6.92 Å². The molecule has 23 heavy (non-hydrogen) atoms. The summed E-state index contributed by atoms with van der Waals surface area (Å²) in [5.41, 5.74) is 1.06. The number of aliphatic hydroxyl groups excluding tert-OH is 3. The lowest BCUT2D eigenvalue weighted by Crippen LogP contribution is -2.65. The fourth-order valence-electron chi connectivity index (χ4n) is 2.54. The molecular weight excluding hydrogens is 302 g/mol. The number of amides is 1. The summed E-state index contributed by atoms with van der Waals surface area (Å²) < 4.78 is 11.3. The number of ether oxygens (including phenoxy) is 2. The zero-order valence-electron chi connectivity index (χ0n) is 13.2. The molecule has 0 aromatic heterocycles. The Morgan fingerprint density at radius 1 is 1.35 bits per heavy atom. The lowest BCUT2D eigenvalue weighted by Gasteiger charge is -2.42. The molecule has 1 amide bonds. The van der Waals surface area contributed by atoms with Gasteiger partial charge in [-0.25, -0.2) is 0 Å². The van der Waals surface area contributed by atoms with Gasteiger partial charge in [0.25, 0.3) is 0 Å². The van der Waals surface area contributed by atoms with Gasteiger partial charge >= 0.3 is 0 Å². The molecule has 1 aliphatic heterocycles. The summed E-state index contributed by atoms with van der Waals surface area (Å²) in [6.45, 7) is 2.84. The van der Waals surface area contributed by atoms with Gasteiger partial charge in [0.2, 0.25) is 12.2 Å². The van der Waals surface area contributed by atoms with Crippen molar-refractivity contribution in [3.05, 3.63) is 29.8 Å². The number of hydrogen-bond acceptors (Lipinski definition) is 6. The normalized spacial score (nSPS) is 30.7. The van der Waals surface area contributed by atoms with E-state index in [4.69, 9.17) is 9.47 Å². The Hall–Kier alpha value is -1.67. The number of benzene rings is 1. The first kappa shape index (κ1) is 17.7. The quantitative estimate of drug-likeness (QED) is 0.585. The molecule has 1 aliphatic rings. The summed E-state index contributed by atoms with van der Waals surface area (Å²) in [4.78, 5) is 11.3. The zero-order valence-corrected chi connectivity index (χ0v) is 13.2. The highest BCUT2D eigenvalue weighted by Gasteiger charge is 2.46. The van der Waals surface area contributed by atoms with E-state index >= 15 is 0 Å². The molecule has 2 rings (SSSR count). The van der Waals surface area contributed by atoms with Crippen LogP contribution in [0.5, 0.6) is 5.75 Å². The second-order valence-corrected chi connectivity index (χ2v) is 5.55. The average Bonchev–Trinajstić information content (AvgIpc) is 2.54. The van der Waals surface area contributed by atoms with Gasteiger partial charge in [-0.05, 0) is 24.1 Å². The number of carbonyl (C=O) groups excluding carboxylic acids is 1. The monoisotopic (exact) mass is 325 g/mol. The molecule has 1 heterocycles. The SMILES string of the molecule is CCc1cccc(O[C@@H]2O[C@H](CO)[C@H](O)[C@@H](O)[C@H]2NC(C)=O)c1. The maximum atomic E-state index is 11.3. The molecular formula is C16H23NO6. The fraction of sp³-hybridized carbons (Fsp3) is 0.562. The second kappa shape index (κ2) is 7.74. The Labute approximate surface area is 134 Å². The number of carbonyl (C=O) groups is 1. The minimum atomic E-state index is -1.32. The van der Waals surface area contributed by atoms with E-state index in [9.17, 15) is 20.1 Å². The van der Waals surface area contributed by atoms with Gasteiger partial charge in [-0.2, -0.15) is 0 Å². The minimum absolute atomic E-state index is 0.386. The predicted octanol–water partition coefficient (Wildman–Crippen LogP) is -0.429. The van der Waals surface area contributed by atoms with Crippen LogP contribution < -0.4 is 10.1 Å². The number of nitrogens with one attached hydrogen (secondary N) is 1. The van der Waals surface area contributed by atoms with Crippen LogP contribution in [0.4, 0.5) is 0 Å². The molecule has 1 aromatic carbocycles. The largest absolute Gasteiger partial charge is 0.463 e. The fourth-order valence-corrected chi connectivity index (χ4v) is 2.54. The Kier molecular flexibility index (Phi) is 5.95. The van der Waals surface area contributed by atoms with Crippen LogP contribution in [0, 0.1) is 0 Å². The molecule has 0 spiro atoms. The standard InChI is InChI=1S/C16H23NO6/c1-3-10-5-4-6-11(7-10)22-16-13(17-9(2)19)15(21)14(20)12(8-18)23-16/h4-7,12-16,18,20-21H,3,8H2,1-2H3,(H,17,19)/t12-,13-,14+,15+,16-/m1/s1. The summed E-state index contributed by atoms with van der Waals surface area (Å²) in [7, 11) is 0. The molecule has 4 N–H and O–H groups in total. The summed E-state index contributed by atoms with van der Waals surface area (Å²) in [6, 6.07) is 6.41. The number of aryl methyl sites for hydroxylation is 1. The summed E-state index contributed by atoms with van der Waals surface area (Å²) in [5.74, 6) is 0.133. The van der Waals surface area contributed by atoms with E-state index in [0.717, 1.165) is 12.0 Å². The van der Waals surface area contributed by atoms with Crippen LogP contribution in [0.15, 0.2) is 24.3 Å². The molecule has 1 aromatic rings. The van der Waals surface area contributed by atoms with Crippen molar-refractivity contribution in [1.82, 2.24) is 5.32 Å². The van der Waals surface area contributed by atoms with Crippen molar-refractivity contribution in [1.29, 1.82) is 0 Å². The second-order valence-electron chi connectivity index (χ2n) is 5.55. The molecule has 7 nitrogen and oxygen atoms in total. The van der Waals surface area contributed by atoms with Gasteiger partial charge in [-0.1, -0.05) is 19.1 Å². The van der Waals surface area contributed by atoms with Crippen molar-refractivity contribution in [3.63, 3.8) is 0 Å². The lowest BCUT2D eigenvalue weighted by molar-refractivity contribution is -0.244. The predicted molar refractivity (Wildman–Crippen MR) is 81.8 cm³/mol. The third kappa shape index (κ3) is 4.20. The number of aliphatic hydroxyl groups is 3. The molecule has 0 bridgehead atoms. The van der Waals surface area contributed by atoms with Crippen molar-refractivity contribution < 1.29 is 29.6 Å². The number of rotatable bonds is 5.